The molecule has 6 nitrogen and oxygen atoms in total. The van der Waals surface area contributed by atoms with Crippen LogP contribution in [0.3, 0.4) is 0 Å². The summed E-state index contributed by atoms with van der Waals surface area (Å²) in [6.07, 6.45) is -4.22. The lowest BCUT2D eigenvalue weighted by atomic mass is 9.78. The predicted octanol–water partition coefficient (Wildman–Crippen LogP) is 4.97. The summed E-state index contributed by atoms with van der Waals surface area (Å²) < 4.78 is 59.6. The molecule has 10 heteroatoms. The lowest BCUT2D eigenvalue weighted by molar-refractivity contribution is -0.137. The maximum Gasteiger partial charge on any atom is 0.416 e. The molecule has 2 amide bonds. The zero-order valence-electron chi connectivity index (χ0n) is 21.2. The molecule has 0 saturated carbocycles. The van der Waals surface area contributed by atoms with Gasteiger partial charge in [-0.05, 0) is 52.9 Å². The molecule has 0 aliphatic carbocycles. The number of methoxy groups -OCH3 is 1. The van der Waals surface area contributed by atoms with Gasteiger partial charge in [0.2, 0.25) is 5.91 Å². The van der Waals surface area contributed by atoms with Gasteiger partial charge in [-0.25, -0.2) is 4.39 Å². The second-order valence-corrected chi connectivity index (χ2v) is 9.33. The fraction of sp³-hybridized carbons (Fsp3) is 0.310. The summed E-state index contributed by atoms with van der Waals surface area (Å²) in [4.78, 5) is 28.7. The van der Waals surface area contributed by atoms with Crippen molar-refractivity contribution in [2.75, 3.05) is 20.3 Å². The van der Waals surface area contributed by atoms with Crippen LogP contribution in [0.1, 0.15) is 56.6 Å². The molecule has 0 unspecified atom stereocenters. The SMILES string of the molecule is COCCCNC(=O)[C@@H]1c2ccccc2C(=O)N(Cc2cc(F)cc(C(F)(F)F)c2)[C@H]1c1ccc(CO)cc1. The lowest BCUT2D eigenvalue weighted by Crippen LogP contribution is -2.47. The molecule has 0 saturated heterocycles. The topological polar surface area (TPSA) is 78.9 Å². The second kappa shape index (κ2) is 12.0. The molecule has 206 valence electrons. The number of amides is 2. The minimum atomic E-state index is -4.78. The molecule has 0 radical (unpaired) electrons. The summed E-state index contributed by atoms with van der Waals surface area (Å²) in [6, 6.07) is 14.5. The average Bonchev–Trinajstić information content (AvgIpc) is 2.91. The Hall–Kier alpha value is -3.76. The summed E-state index contributed by atoms with van der Waals surface area (Å²) >= 11 is 0. The Kier molecular flexibility index (Phi) is 8.66. The van der Waals surface area contributed by atoms with Crippen LogP contribution in [0.4, 0.5) is 17.6 Å². The van der Waals surface area contributed by atoms with Gasteiger partial charge in [-0.1, -0.05) is 42.5 Å². The average molecular weight is 545 g/mol. The molecule has 0 spiro atoms. The predicted molar refractivity (Wildman–Crippen MR) is 135 cm³/mol. The van der Waals surface area contributed by atoms with E-state index in [2.05, 4.69) is 5.32 Å². The maximum absolute atomic E-state index is 14.3. The number of hydrogen-bond donors (Lipinski definition) is 2. The first-order valence-corrected chi connectivity index (χ1v) is 12.4. The van der Waals surface area contributed by atoms with Crippen LogP contribution in [-0.4, -0.2) is 42.1 Å². The minimum absolute atomic E-state index is 0.0636. The van der Waals surface area contributed by atoms with Crippen molar-refractivity contribution in [3.8, 4) is 0 Å². The molecule has 0 fully saturated rings. The number of carbonyl (C=O) groups is 2. The van der Waals surface area contributed by atoms with Crippen molar-refractivity contribution in [2.45, 2.75) is 37.7 Å². The van der Waals surface area contributed by atoms with Gasteiger partial charge in [0.15, 0.2) is 0 Å². The Labute approximate surface area is 223 Å². The Bertz CT molecular complexity index is 1330. The van der Waals surface area contributed by atoms with Gasteiger partial charge in [-0.2, -0.15) is 13.2 Å². The van der Waals surface area contributed by atoms with Crippen molar-refractivity contribution in [3.63, 3.8) is 0 Å². The standard InChI is InChI=1S/C29H28F4N2O4/c1-39-12-4-11-34-27(37)25-23-5-2-3-6-24(23)28(38)35(26(25)20-9-7-18(17-36)8-10-20)16-19-13-21(29(31,32)33)15-22(30)14-19/h2-3,5-10,13-15,25-26,36H,4,11-12,16-17H2,1H3,(H,34,37)/t25-,26+/m1/s1. The van der Waals surface area contributed by atoms with Gasteiger partial charge in [-0.15, -0.1) is 0 Å². The van der Waals surface area contributed by atoms with Crippen LogP contribution < -0.4 is 5.32 Å². The first kappa shape index (κ1) is 28.3. The minimum Gasteiger partial charge on any atom is -0.392 e. The number of rotatable bonds is 9. The van der Waals surface area contributed by atoms with Crippen LogP contribution in [-0.2, 0) is 28.9 Å². The van der Waals surface area contributed by atoms with E-state index < -0.39 is 35.4 Å². The molecular weight excluding hydrogens is 516 g/mol. The van der Waals surface area contributed by atoms with Crippen molar-refractivity contribution < 1.29 is 37.0 Å². The second-order valence-electron chi connectivity index (χ2n) is 9.33. The van der Waals surface area contributed by atoms with Crippen LogP contribution in [0.15, 0.2) is 66.7 Å². The highest BCUT2D eigenvalue weighted by atomic mass is 19.4. The van der Waals surface area contributed by atoms with E-state index in [0.29, 0.717) is 42.3 Å². The van der Waals surface area contributed by atoms with E-state index in [0.717, 1.165) is 12.1 Å². The highest BCUT2D eigenvalue weighted by Crippen LogP contribution is 2.44. The molecule has 39 heavy (non-hydrogen) atoms. The van der Waals surface area contributed by atoms with Crippen molar-refractivity contribution in [1.29, 1.82) is 0 Å². The summed E-state index contributed by atoms with van der Waals surface area (Å²) in [6.45, 7) is 0.158. The highest BCUT2D eigenvalue weighted by Gasteiger charge is 2.44. The third-order valence-electron chi connectivity index (χ3n) is 6.69. The molecule has 1 aliphatic heterocycles. The van der Waals surface area contributed by atoms with Crippen molar-refractivity contribution >= 4 is 11.8 Å². The number of aliphatic hydroxyl groups excluding tert-OH is 1. The van der Waals surface area contributed by atoms with Crippen molar-refractivity contribution in [3.05, 3.63) is 106 Å². The Morgan fingerprint density at radius 1 is 1.05 bits per heavy atom. The first-order chi connectivity index (χ1) is 18.6. The summed E-state index contributed by atoms with van der Waals surface area (Å²) in [5, 5.41) is 12.4. The molecule has 3 aromatic rings. The Balaban J connectivity index is 1.82. The largest absolute Gasteiger partial charge is 0.416 e. The van der Waals surface area contributed by atoms with Crippen LogP contribution in [0.2, 0.25) is 0 Å². The van der Waals surface area contributed by atoms with Gasteiger partial charge in [-0.3, -0.25) is 9.59 Å². The smallest absolute Gasteiger partial charge is 0.392 e. The zero-order valence-corrected chi connectivity index (χ0v) is 21.2. The number of halogens is 4. The van der Waals surface area contributed by atoms with E-state index in [4.69, 9.17) is 4.74 Å². The molecule has 0 bridgehead atoms. The summed E-state index contributed by atoms with van der Waals surface area (Å²) in [5.41, 5.74) is 0.637. The molecule has 4 rings (SSSR count). The fourth-order valence-electron chi connectivity index (χ4n) is 4.88. The van der Waals surface area contributed by atoms with Crippen LogP contribution in [0.25, 0.3) is 0 Å². The van der Waals surface area contributed by atoms with Crippen molar-refractivity contribution in [2.24, 2.45) is 0 Å². The van der Waals surface area contributed by atoms with E-state index in [9.17, 15) is 32.3 Å². The van der Waals surface area contributed by atoms with Crippen molar-refractivity contribution in [1.82, 2.24) is 10.2 Å². The normalized spacial score (nSPS) is 17.2. The number of aliphatic hydroxyl groups is 1. The van der Waals surface area contributed by atoms with E-state index >= 15 is 0 Å². The van der Waals surface area contributed by atoms with Gasteiger partial charge in [0.25, 0.3) is 5.91 Å². The number of hydrogen-bond acceptors (Lipinski definition) is 4. The van der Waals surface area contributed by atoms with E-state index in [1.807, 2.05) is 0 Å². The van der Waals surface area contributed by atoms with Gasteiger partial charge >= 0.3 is 6.18 Å². The van der Waals surface area contributed by atoms with Gasteiger partial charge in [0.05, 0.1) is 24.1 Å². The number of alkyl halides is 3. The van der Waals surface area contributed by atoms with Crippen LogP contribution >= 0.6 is 0 Å². The van der Waals surface area contributed by atoms with Gasteiger partial charge in [0.1, 0.15) is 5.82 Å². The third-order valence-corrected chi connectivity index (χ3v) is 6.69. The fourth-order valence-corrected chi connectivity index (χ4v) is 4.88. The number of nitrogens with one attached hydrogen (secondary N) is 1. The van der Waals surface area contributed by atoms with Crippen LogP contribution in [0, 0.1) is 5.82 Å². The van der Waals surface area contributed by atoms with E-state index in [1.54, 1.807) is 55.6 Å². The quantitative estimate of drug-likeness (QED) is 0.295. The Morgan fingerprint density at radius 2 is 1.77 bits per heavy atom. The summed E-state index contributed by atoms with van der Waals surface area (Å²) in [5.74, 6) is -2.86. The first-order valence-electron chi connectivity index (χ1n) is 12.4. The molecular formula is C29H28F4N2O4. The van der Waals surface area contributed by atoms with E-state index in [1.165, 1.54) is 4.90 Å². The number of fused-ring (bicyclic) bond motifs is 1. The van der Waals surface area contributed by atoms with E-state index in [-0.39, 0.29) is 30.2 Å². The number of carbonyl (C=O) groups excluding carboxylic acids is 2. The third kappa shape index (κ3) is 6.29. The zero-order chi connectivity index (χ0) is 28.2. The van der Waals surface area contributed by atoms with Crippen LogP contribution in [0.5, 0.6) is 0 Å². The lowest BCUT2D eigenvalue weighted by Gasteiger charge is -2.42. The molecule has 2 atom stereocenters. The van der Waals surface area contributed by atoms with Gasteiger partial charge in [0, 0.05) is 32.4 Å². The molecule has 0 aromatic heterocycles. The molecule has 1 heterocycles. The monoisotopic (exact) mass is 544 g/mol. The highest BCUT2D eigenvalue weighted by molar-refractivity contribution is 6.01. The van der Waals surface area contributed by atoms with Gasteiger partial charge < -0.3 is 20.1 Å². The molecule has 2 N–H and O–H groups in total. The maximum atomic E-state index is 14.3. The Morgan fingerprint density at radius 3 is 2.44 bits per heavy atom. The number of nitrogens with zero attached hydrogens (tertiary/aromatic N) is 1. The molecule has 3 aromatic carbocycles. The molecule has 1 aliphatic rings. The number of benzene rings is 3. The summed E-state index contributed by atoms with van der Waals surface area (Å²) in [7, 11) is 1.55. The number of ether oxygens (including phenoxy) is 1.